The highest BCUT2D eigenvalue weighted by Gasteiger charge is 2.14. The van der Waals surface area contributed by atoms with Crippen LogP contribution in [0.25, 0.3) is 0 Å². The minimum absolute atomic E-state index is 0.842. The molecular weight excluding hydrogens is 261 g/mol. The summed E-state index contributed by atoms with van der Waals surface area (Å²) in [4.78, 5) is 2.37. The predicted octanol–water partition coefficient (Wildman–Crippen LogP) is 4.09. The third-order valence-corrected chi connectivity index (χ3v) is 3.91. The standard InChI is InChI=1S/C11H13BrClN/c12-9-5-4-6-10(11(9)13)14-7-2-1-3-8-14/h4-6H,1-3,7-8H2. The van der Waals surface area contributed by atoms with Gasteiger partial charge < -0.3 is 4.90 Å². The maximum Gasteiger partial charge on any atom is 0.0781 e. The second-order valence-corrected chi connectivity index (χ2v) is 4.85. The Bertz CT molecular complexity index is 321. The summed E-state index contributed by atoms with van der Waals surface area (Å²) >= 11 is 9.69. The van der Waals surface area contributed by atoms with Gasteiger partial charge >= 0.3 is 0 Å². The van der Waals surface area contributed by atoms with Crippen LogP contribution >= 0.6 is 27.5 Å². The van der Waals surface area contributed by atoms with E-state index in [9.17, 15) is 0 Å². The summed E-state index contributed by atoms with van der Waals surface area (Å²) in [6, 6.07) is 6.12. The molecule has 1 aromatic carbocycles. The summed E-state index contributed by atoms with van der Waals surface area (Å²) in [7, 11) is 0. The highest BCUT2D eigenvalue weighted by molar-refractivity contribution is 9.10. The molecule has 0 spiro atoms. The molecule has 0 aliphatic carbocycles. The van der Waals surface area contributed by atoms with Crippen molar-refractivity contribution in [2.24, 2.45) is 0 Å². The van der Waals surface area contributed by atoms with Crippen LogP contribution in [0.5, 0.6) is 0 Å². The molecule has 1 fully saturated rings. The van der Waals surface area contributed by atoms with Crippen molar-refractivity contribution in [3.8, 4) is 0 Å². The normalized spacial score (nSPS) is 17.1. The third-order valence-electron chi connectivity index (χ3n) is 2.63. The molecule has 3 heteroatoms. The summed E-state index contributed by atoms with van der Waals surface area (Å²) in [6.07, 6.45) is 3.91. The van der Waals surface area contributed by atoms with Crippen LogP contribution in [0.15, 0.2) is 22.7 Å². The van der Waals surface area contributed by atoms with E-state index in [1.54, 1.807) is 0 Å². The Morgan fingerprint density at radius 2 is 1.86 bits per heavy atom. The Hall–Kier alpha value is -0.210. The second kappa shape index (κ2) is 4.54. The topological polar surface area (TPSA) is 3.24 Å². The lowest BCUT2D eigenvalue weighted by Gasteiger charge is -2.29. The fourth-order valence-electron chi connectivity index (χ4n) is 1.87. The van der Waals surface area contributed by atoms with Crippen molar-refractivity contribution in [3.05, 3.63) is 27.7 Å². The van der Waals surface area contributed by atoms with Crippen molar-refractivity contribution in [1.29, 1.82) is 0 Å². The van der Waals surface area contributed by atoms with Crippen LogP contribution in [0.3, 0.4) is 0 Å². The molecule has 14 heavy (non-hydrogen) atoms. The van der Waals surface area contributed by atoms with Gasteiger partial charge in [-0.2, -0.15) is 0 Å². The number of hydrogen-bond acceptors (Lipinski definition) is 1. The molecule has 0 amide bonds. The molecule has 0 radical (unpaired) electrons. The summed E-state index contributed by atoms with van der Waals surface area (Å²) in [5.41, 5.74) is 1.17. The number of hydrogen-bond donors (Lipinski definition) is 0. The Labute approximate surface area is 98.2 Å². The van der Waals surface area contributed by atoms with Crippen LogP contribution in [0, 0.1) is 0 Å². The van der Waals surface area contributed by atoms with E-state index in [1.165, 1.54) is 24.9 Å². The molecule has 0 saturated carbocycles. The quantitative estimate of drug-likeness (QED) is 0.745. The zero-order valence-corrected chi connectivity index (χ0v) is 10.3. The SMILES string of the molecule is Clc1c(Br)cccc1N1CCCCC1. The van der Waals surface area contributed by atoms with Crippen molar-refractivity contribution in [2.45, 2.75) is 19.3 Å². The van der Waals surface area contributed by atoms with E-state index in [-0.39, 0.29) is 0 Å². The number of rotatable bonds is 1. The lowest BCUT2D eigenvalue weighted by Crippen LogP contribution is -2.29. The van der Waals surface area contributed by atoms with Gasteiger partial charge in [0, 0.05) is 17.6 Å². The van der Waals surface area contributed by atoms with Crippen LogP contribution in [-0.2, 0) is 0 Å². The largest absolute Gasteiger partial charge is 0.370 e. The number of anilines is 1. The zero-order valence-electron chi connectivity index (χ0n) is 7.97. The van der Waals surface area contributed by atoms with Crippen LogP contribution in [0.1, 0.15) is 19.3 Å². The van der Waals surface area contributed by atoms with E-state index in [4.69, 9.17) is 11.6 Å². The molecule has 0 aromatic heterocycles. The molecule has 1 saturated heterocycles. The summed E-state index contributed by atoms with van der Waals surface area (Å²) in [5.74, 6) is 0. The van der Waals surface area contributed by atoms with Gasteiger partial charge in [0.25, 0.3) is 0 Å². The Morgan fingerprint density at radius 1 is 1.14 bits per heavy atom. The van der Waals surface area contributed by atoms with Gasteiger partial charge in [-0.25, -0.2) is 0 Å². The average Bonchev–Trinajstić information content (AvgIpc) is 2.23. The number of piperidine rings is 1. The monoisotopic (exact) mass is 273 g/mol. The lowest BCUT2D eigenvalue weighted by molar-refractivity contribution is 0.578. The van der Waals surface area contributed by atoms with E-state index in [2.05, 4.69) is 26.9 Å². The first kappa shape index (κ1) is 10.3. The van der Waals surface area contributed by atoms with Crippen LogP contribution in [0.2, 0.25) is 5.02 Å². The first-order valence-corrected chi connectivity index (χ1v) is 6.15. The molecule has 0 atom stereocenters. The van der Waals surface area contributed by atoms with E-state index >= 15 is 0 Å². The summed E-state index contributed by atoms with van der Waals surface area (Å²) in [5, 5.41) is 0.842. The third kappa shape index (κ3) is 2.06. The van der Waals surface area contributed by atoms with Gasteiger partial charge in [-0.3, -0.25) is 0 Å². The van der Waals surface area contributed by atoms with Gasteiger partial charge in [-0.05, 0) is 47.3 Å². The summed E-state index contributed by atoms with van der Waals surface area (Å²) in [6.45, 7) is 2.27. The molecule has 1 aliphatic rings. The molecule has 0 bridgehead atoms. The van der Waals surface area contributed by atoms with E-state index in [1.807, 2.05) is 12.1 Å². The molecule has 0 N–H and O–H groups in total. The zero-order chi connectivity index (χ0) is 9.97. The van der Waals surface area contributed by atoms with E-state index in [0.717, 1.165) is 22.6 Å². The number of halogens is 2. The van der Waals surface area contributed by atoms with Crippen LogP contribution < -0.4 is 4.90 Å². The lowest BCUT2D eigenvalue weighted by atomic mass is 10.1. The maximum absolute atomic E-state index is 6.24. The minimum Gasteiger partial charge on any atom is -0.370 e. The van der Waals surface area contributed by atoms with Crippen molar-refractivity contribution in [1.82, 2.24) is 0 Å². The smallest absolute Gasteiger partial charge is 0.0781 e. The minimum atomic E-state index is 0.842. The molecule has 76 valence electrons. The van der Waals surface area contributed by atoms with Gasteiger partial charge in [0.05, 0.1) is 10.7 Å². The fraction of sp³-hybridized carbons (Fsp3) is 0.455. The van der Waals surface area contributed by atoms with Crippen LogP contribution in [0.4, 0.5) is 5.69 Å². The maximum atomic E-state index is 6.24. The Morgan fingerprint density at radius 3 is 2.57 bits per heavy atom. The Kier molecular flexibility index (Phi) is 3.34. The molecule has 1 aliphatic heterocycles. The van der Waals surface area contributed by atoms with Gasteiger partial charge in [-0.15, -0.1) is 0 Å². The molecule has 1 aromatic rings. The first-order valence-electron chi connectivity index (χ1n) is 4.98. The van der Waals surface area contributed by atoms with E-state index in [0.29, 0.717) is 0 Å². The summed E-state index contributed by atoms with van der Waals surface area (Å²) < 4.78 is 0.988. The van der Waals surface area contributed by atoms with E-state index < -0.39 is 0 Å². The highest BCUT2D eigenvalue weighted by Crippen LogP contribution is 2.33. The van der Waals surface area contributed by atoms with Crippen LogP contribution in [-0.4, -0.2) is 13.1 Å². The molecular formula is C11H13BrClN. The number of nitrogens with zero attached hydrogens (tertiary/aromatic N) is 1. The first-order chi connectivity index (χ1) is 6.79. The Balaban J connectivity index is 2.26. The fourth-order valence-corrected chi connectivity index (χ4v) is 2.47. The number of benzene rings is 1. The molecule has 1 nitrogen and oxygen atoms in total. The van der Waals surface area contributed by atoms with Gasteiger partial charge in [0.1, 0.15) is 0 Å². The molecule has 1 heterocycles. The van der Waals surface area contributed by atoms with Gasteiger partial charge in [0.2, 0.25) is 0 Å². The molecule has 2 rings (SSSR count). The second-order valence-electron chi connectivity index (χ2n) is 3.62. The van der Waals surface area contributed by atoms with Crippen molar-refractivity contribution in [2.75, 3.05) is 18.0 Å². The van der Waals surface area contributed by atoms with Gasteiger partial charge in [0.15, 0.2) is 0 Å². The molecule has 0 unspecified atom stereocenters. The van der Waals surface area contributed by atoms with Crippen molar-refractivity contribution in [3.63, 3.8) is 0 Å². The van der Waals surface area contributed by atoms with Crippen molar-refractivity contribution < 1.29 is 0 Å². The highest BCUT2D eigenvalue weighted by atomic mass is 79.9. The van der Waals surface area contributed by atoms with Crippen molar-refractivity contribution >= 4 is 33.2 Å². The predicted molar refractivity (Wildman–Crippen MR) is 65.2 cm³/mol. The average molecular weight is 275 g/mol. The van der Waals surface area contributed by atoms with Gasteiger partial charge in [-0.1, -0.05) is 17.7 Å².